The second-order valence-corrected chi connectivity index (χ2v) is 13.0. The molecule has 2 heteroatoms. The van der Waals surface area contributed by atoms with Gasteiger partial charge in [-0.05, 0) is 142 Å². The van der Waals surface area contributed by atoms with Gasteiger partial charge in [0.15, 0.2) is 0 Å². The lowest BCUT2D eigenvalue weighted by Gasteiger charge is -2.27. The first-order valence-corrected chi connectivity index (χ1v) is 17.5. The van der Waals surface area contributed by atoms with Gasteiger partial charge in [0, 0.05) is 34.1 Å². The highest BCUT2D eigenvalue weighted by atomic mass is 15.1. The highest BCUT2D eigenvalue weighted by molar-refractivity contribution is 6.08. The van der Waals surface area contributed by atoms with Crippen LogP contribution in [0.3, 0.4) is 0 Å². The van der Waals surface area contributed by atoms with Crippen LogP contribution in [0.5, 0.6) is 0 Å². The van der Waals surface area contributed by atoms with E-state index >= 15 is 0 Å². The van der Waals surface area contributed by atoms with E-state index in [1.807, 2.05) is 0 Å². The Hall–Kier alpha value is -6.12. The summed E-state index contributed by atoms with van der Waals surface area (Å²) in [6, 6.07) is 59.4. The van der Waals surface area contributed by atoms with Crippen molar-refractivity contribution in [2.45, 2.75) is 27.2 Å². The Bertz CT molecular complexity index is 2480. The third-order valence-corrected chi connectivity index (χ3v) is 9.86. The molecular formula is C48H40N2. The summed E-state index contributed by atoms with van der Waals surface area (Å²) in [6.07, 6.45) is 5.42. The maximum Gasteiger partial charge on any atom is 0.0468 e. The van der Waals surface area contributed by atoms with E-state index in [0.29, 0.717) is 0 Å². The fourth-order valence-corrected chi connectivity index (χ4v) is 7.26. The van der Waals surface area contributed by atoms with Crippen molar-refractivity contribution in [3.63, 3.8) is 0 Å². The Morgan fingerprint density at radius 1 is 0.400 bits per heavy atom. The van der Waals surface area contributed by atoms with Crippen LogP contribution in [-0.2, 0) is 0 Å². The van der Waals surface area contributed by atoms with Gasteiger partial charge in [-0.2, -0.15) is 0 Å². The van der Waals surface area contributed by atoms with Crippen molar-refractivity contribution < 1.29 is 0 Å². The molecule has 0 saturated heterocycles. The summed E-state index contributed by atoms with van der Waals surface area (Å²) in [5.41, 5.74) is 10.6. The van der Waals surface area contributed by atoms with Gasteiger partial charge in [-0.3, -0.25) is 0 Å². The lowest BCUT2D eigenvalue weighted by atomic mass is 9.92. The highest BCUT2D eigenvalue weighted by Gasteiger charge is 2.18. The molecule has 0 unspecified atom stereocenters. The minimum Gasteiger partial charge on any atom is -0.310 e. The van der Waals surface area contributed by atoms with Crippen LogP contribution in [0.4, 0.5) is 34.1 Å². The van der Waals surface area contributed by atoms with E-state index in [-0.39, 0.29) is 0 Å². The third-order valence-electron chi connectivity index (χ3n) is 9.86. The van der Waals surface area contributed by atoms with Crippen LogP contribution < -0.4 is 9.80 Å². The van der Waals surface area contributed by atoms with Crippen molar-refractivity contribution in [2.75, 3.05) is 9.80 Å². The van der Waals surface area contributed by atoms with Crippen molar-refractivity contribution in [3.05, 3.63) is 187 Å². The smallest absolute Gasteiger partial charge is 0.0468 e. The van der Waals surface area contributed by atoms with Gasteiger partial charge >= 0.3 is 0 Å². The number of para-hydroxylation sites is 2. The van der Waals surface area contributed by atoms with Crippen LogP contribution in [0.2, 0.25) is 0 Å². The first-order chi connectivity index (χ1) is 24.6. The number of benzene rings is 8. The largest absolute Gasteiger partial charge is 0.310 e. The van der Waals surface area contributed by atoms with E-state index in [0.717, 1.165) is 40.5 Å². The number of hydrogen-bond acceptors (Lipinski definition) is 2. The lowest BCUT2D eigenvalue weighted by Crippen LogP contribution is -2.10. The van der Waals surface area contributed by atoms with E-state index in [1.54, 1.807) is 0 Å². The molecule has 0 spiro atoms. The Labute approximate surface area is 295 Å². The predicted molar refractivity (Wildman–Crippen MR) is 217 cm³/mol. The summed E-state index contributed by atoms with van der Waals surface area (Å²) in [6.45, 7) is 6.71. The molecule has 242 valence electrons. The fraction of sp³-hybridized carbons (Fsp3) is 0.0833. The van der Waals surface area contributed by atoms with Crippen LogP contribution in [-0.4, -0.2) is 0 Å². The van der Waals surface area contributed by atoms with Crippen molar-refractivity contribution in [2.24, 2.45) is 0 Å². The molecule has 0 aliphatic carbocycles. The van der Waals surface area contributed by atoms with Crippen molar-refractivity contribution in [1.82, 2.24) is 0 Å². The second-order valence-electron chi connectivity index (χ2n) is 13.0. The number of fused-ring (bicyclic) bond motifs is 3. The van der Waals surface area contributed by atoms with Crippen molar-refractivity contribution in [1.29, 1.82) is 0 Å². The molecule has 0 heterocycles. The molecule has 0 aliphatic heterocycles. The van der Waals surface area contributed by atoms with Crippen LogP contribution in [0.15, 0.2) is 170 Å². The van der Waals surface area contributed by atoms with E-state index in [2.05, 4.69) is 207 Å². The van der Waals surface area contributed by atoms with Gasteiger partial charge in [0.2, 0.25) is 0 Å². The van der Waals surface area contributed by atoms with Gasteiger partial charge in [0.1, 0.15) is 0 Å². The van der Waals surface area contributed by atoms with E-state index in [4.69, 9.17) is 0 Å². The van der Waals surface area contributed by atoms with Crippen molar-refractivity contribution in [3.8, 4) is 0 Å². The minimum absolute atomic E-state index is 1.03. The van der Waals surface area contributed by atoms with E-state index < -0.39 is 0 Å². The number of aryl methyl sites for hydroxylation is 2. The molecule has 8 rings (SSSR count). The minimum atomic E-state index is 1.03. The van der Waals surface area contributed by atoms with Gasteiger partial charge in [0.05, 0.1) is 0 Å². The number of rotatable bonds is 8. The molecule has 0 aromatic heterocycles. The Kier molecular flexibility index (Phi) is 8.36. The molecule has 0 atom stereocenters. The molecule has 8 aromatic carbocycles. The quantitative estimate of drug-likeness (QED) is 0.152. The Morgan fingerprint density at radius 2 is 0.840 bits per heavy atom. The molecule has 2 nitrogen and oxygen atoms in total. The molecule has 0 amide bonds. The van der Waals surface area contributed by atoms with Crippen molar-refractivity contribution >= 4 is 72.5 Å². The first kappa shape index (κ1) is 31.2. The number of anilines is 6. The second kappa shape index (κ2) is 13.4. The Morgan fingerprint density at radius 3 is 1.40 bits per heavy atom. The molecule has 0 saturated carbocycles. The zero-order chi connectivity index (χ0) is 34.0. The molecule has 0 fully saturated rings. The standard InChI is InChI=1S/C48H40N2/c1-4-5-14-36-21-24-41(25-22-36)49(39-17-8-6-9-18-39)43-27-29-45-35(3)48-33-44(28-30-46(48)34(2)47(45)32-43)50(40-19-10-7-11-20-40)42-26-23-37-15-12-13-16-38(37)31-42/h5-33H,4H2,1-3H3/b14-5-. The summed E-state index contributed by atoms with van der Waals surface area (Å²) < 4.78 is 0. The van der Waals surface area contributed by atoms with Crippen LogP contribution in [0.25, 0.3) is 38.4 Å². The summed E-state index contributed by atoms with van der Waals surface area (Å²) in [5, 5.41) is 7.58. The number of hydrogen-bond donors (Lipinski definition) is 0. The fourth-order valence-electron chi connectivity index (χ4n) is 7.26. The molecule has 0 aliphatic rings. The van der Waals surface area contributed by atoms with Crippen LogP contribution in [0, 0.1) is 13.8 Å². The highest BCUT2D eigenvalue weighted by Crippen LogP contribution is 2.42. The topological polar surface area (TPSA) is 6.48 Å². The van der Waals surface area contributed by atoms with Gasteiger partial charge in [-0.15, -0.1) is 0 Å². The summed E-state index contributed by atoms with van der Waals surface area (Å²) >= 11 is 0. The maximum atomic E-state index is 2.37. The summed E-state index contributed by atoms with van der Waals surface area (Å²) in [4.78, 5) is 4.73. The predicted octanol–water partition coefficient (Wildman–Crippen LogP) is 14.1. The third kappa shape index (κ3) is 5.80. The van der Waals surface area contributed by atoms with Crippen LogP contribution in [0.1, 0.15) is 30.0 Å². The van der Waals surface area contributed by atoms with E-state index in [1.165, 1.54) is 49.0 Å². The van der Waals surface area contributed by atoms with Gasteiger partial charge in [-0.1, -0.05) is 110 Å². The maximum absolute atomic E-state index is 2.37. The zero-order valence-corrected chi connectivity index (χ0v) is 28.8. The van der Waals surface area contributed by atoms with Gasteiger partial charge < -0.3 is 9.80 Å². The number of nitrogens with zero attached hydrogens (tertiary/aromatic N) is 2. The molecule has 0 N–H and O–H groups in total. The Balaban J connectivity index is 1.26. The lowest BCUT2D eigenvalue weighted by molar-refractivity contribution is 1.23. The molecular weight excluding hydrogens is 605 g/mol. The van der Waals surface area contributed by atoms with Gasteiger partial charge in [-0.25, -0.2) is 0 Å². The molecule has 50 heavy (non-hydrogen) atoms. The molecule has 0 bridgehead atoms. The average molecular weight is 645 g/mol. The molecule has 8 aromatic rings. The SMILES string of the molecule is CC/C=C\c1ccc(N(c2ccccc2)c2ccc3c(C)c4cc(N(c5ccccc5)c5ccc6ccccc6c5)ccc4c(C)c3c2)cc1. The molecule has 0 radical (unpaired) electrons. The number of allylic oxidation sites excluding steroid dienone is 1. The monoisotopic (exact) mass is 644 g/mol. The zero-order valence-electron chi connectivity index (χ0n) is 28.8. The normalized spacial score (nSPS) is 11.5. The average Bonchev–Trinajstić information content (AvgIpc) is 3.17. The first-order valence-electron chi connectivity index (χ1n) is 17.5. The summed E-state index contributed by atoms with van der Waals surface area (Å²) in [7, 11) is 0. The van der Waals surface area contributed by atoms with E-state index in [9.17, 15) is 0 Å². The van der Waals surface area contributed by atoms with Gasteiger partial charge in [0.25, 0.3) is 0 Å². The van der Waals surface area contributed by atoms with Crippen LogP contribution >= 0.6 is 0 Å². The summed E-state index contributed by atoms with van der Waals surface area (Å²) in [5.74, 6) is 0.